The van der Waals surface area contributed by atoms with Gasteiger partial charge in [-0.15, -0.1) is 0 Å². The van der Waals surface area contributed by atoms with Gasteiger partial charge in [-0.25, -0.2) is 0 Å². The first-order valence-electron chi connectivity index (χ1n) is 5.36. The van der Waals surface area contributed by atoms with E-state index in [2.05, 4.69) is 38.1 Å². The molecule has 15 heavy (non-hydrogen) atoms. The van der Waals surface area contributed by atoms with Crippen LogP contribution in [0.1, 0.15) is 38.2 Å². The highest BCUT2D eigenvalue weighted by Crippen LogP contribution is 2.46. The lowest BCUT2D eigenvalue weighted by Crippen LogP contribution is -2.31. The summed E-state index contributed by atoms with van der Waals surface area (Å²) in [5, 5.41) is 0.340. The van der Waals surface area contributed by atoms with Crippen molar-refractivity contribution in [3.8, 4) is 0 Å². The molecule has 0 bridgehead atoms. The first-order valence-corrected chi connectivity index (χ1v) is 6.18. The molecule has 0 amide bonds. The quantitative estimate of drug-likeness (QED) is 0.719. The molecule has 1 aromatic rings. The van der Waals surface area contributed by atoms with Crippen molar-refractivity contribution in [2.45, 2.75) is 37.4 Å². The van der Waals surface area contributed by atoms with E-state index in [9.17, 15) is 4.79 Å². The zero-order valence-corrected chi connectivity index (χ0v) is 10.0. The van der Waals surface area contributed by atoms with E-state index in [4.69, 9.17) is 0 Å². The van der Waals surface area contributed by atoms with Crippen molar-refractivity contribution in [2.24, 2.45) is 0 Å². The Balaban J connectivity index is 2.26. The van der Waals surface area contributed by atoms with E-state index < -0.39 is 0 Å². The van der Waals surface area contributed by atoms with Crippen molar-refractivity contribution in [3.05, 3.63) is 35.9 Å². The van der Waals surface area contributed by atoms with Gasteiger partial charge in [0.1, 0.15) is 0 Å². The summed E-state index contributed by atoms with van der Waals surface area (Å²) in [6.07, 6.45) is 1.70. The third-order valence-electron chi connectivity index (χ3n) is 3.06. The van der Waals surface area contributed by atoms with Crippen LogP contribution in [0.3, 0.4) is 0 Å². The van der Waals surface area contributed by atoms with Gasteiger partial charge >= 0.3 is 0 Å². The summed E-state index contributed by atoms with van der Waals surface area (Å²) in [6.45, 7) is 4.35. The molecule has 0 spiro atoms. The van der Waals surface area contributed by atoms with Gasteiger partial charge in [0.2, 0.25) is 0 Å². The van der Waals surface area contributed by atoms with Crippen LogP contribution in [0.5, 0.6) is 0 Å². The predicted molar refractivity (Wildman–Crippen MR) is 65.1 cm³/mol. The maximum Gasteiger partial charge on any atom is 0.189 e. The highest BCUT2D eigenvalue weighted by Gasteiger charge is 2.37. The maximum absolute atomic E-state index is 11.4. The molecule has 1 aliphatic rings. The molecular formula is C13H16OS. The molecule has 1 atom stereocenters. The SMILES string of the molecule is CC1(C)SC(=O)CCC1c1ccccc1. The molecule has 0 radical (unpaired) electrons. The van der Waals surface area contributed by atoms with Crippen molar-refractivity contribution in [1.29, 1.82) is 0 Å². The summed E-state index contributed by atoms with van der Waals surface area (Å²) in [6, 6.07) is 10.5. The normalized spacial score (nSPS) is 25.2. The molecule has 1 nitrogen and oxygen atoms in total. The van der Waals surface area contributed by atoms with E-state index in [1.54, 1.807) is 0 Å². The van der Waals surface area contributed by atoms with Gasteiger partial charge in [-0.1, -0.05) is 42.1 Å². The smallest absolute Gasteiger partial charge is 0.189 e. The van der Waals surface area contributed by atoms with Crippen molar-refractivity contribution in [2.75, 3.05) is 0 Å². The second-order valence-electron chi connectivity index (χ2n) is 4.58. The Labute approximate surface area is 95.3 Å². The van der Waals surface area contributed by atoms with E-state index in [0.29, 0.717) is 17.5 Å². The standard InChI is InChI=1S/C13H16OS/c1-13(2)11(8-9-12(14)15-13)10-6-4-3-5-7-10/h3-7,11H,8-9H2,1-2H3. The lowest BCUT2D eigenvalue weighted by molar-refractivity contribution is -0.111. The molecular weight excluding hydrogens is 204 g/mol. The molecule has 0 saturated carbocycles. The minimum absolute atomic E-state index is 0.0384. The second kappa shape index (κ2) is 4.01. The van der Waals surface area contributed by atoms with Gasteiger partial charge < -0.3 is 0 Å². The Morgan fingerprint density at radius 1 is 1.27 bits per heavy atom. The first kappa shape index (κ1) is 10.7. The summed E-state index contributed by atoms with van der Waals surface area (Å²) in [5.41, 5.74) is 1.36. The third-order valence-corrected chi connectivity index (χ3v) is 4.30. The molecule has 1 saturated heterocycles. The molecule has 2 rings (SSSR count). The van der Waals surface area contributed by atoms with Crippen molar-refractivity contribution < 1.29 is 4.79 Å². The van der Waals surface area contributed by atoms with Gasteiger partial charge in [0.25, 0.3) is 0 Å². The molecule has 1 heterocycles. The van der Waals surface area contributed by atoms with E-state index in [1.165, 1.54) is 17.3 Å². The fourth-order valence-electron chi connectivity index (χ4n) is 2.28. The van der Waals surface area contributed by atoms with Crippen LogP contribution in [0.25, 0.3) is 0 Å². The topological polar surface area (TPSA) is 17.1 Å². The lowest BCUT2D eigenvalue weighted by Gasteiger charge is -2.37. The van der Waals surface area contributed by atoms with E-state index in [-0.39, 0.29) is 4.75 Å². The first-order chi connectivity index (χ1) is 7.09. The largest absolute Gasteiger partial charge is 0.287 e. The number of hydrogen-bond donors (Lipinski definition) is 0. The van der Waals surface area contributed by atoms with Gasteiger partial charge in [0.05, 0.1) is 0 Å². The fourth-order valence-corrected chi connectivity index (χ4v) is 3.48. The van der Waals surface area contributed by atoms with E-state index in [1.807, 2.05) is 6.07 Å². The molecule has 0 aliphatic carbocycles. The monoisotopic (exact) mass is 220 g/mol. The highest BCUT2D eigenvalue weighted by molar-refractivity contribution is 8.14. The van der Waals surface area contributed by atoms with Crippen LogP contribution in [-0.4, -0.2) is 9.86 Å². The van der Waals surface area contributed by atoms with E-state index >= 15 is 0 Å². The van der Waals surface area contributed by atoms with Gasteiger partial charge in [-0.2, -0.15) is 0 Å². The summed E-state index contributed by atoms with van der Waals surface area (Å²) in [7, 11) is 0. The number of hydrogen-bond acceptors (Lipinski definition) is 2. The van der Waals surface area contributed by atoms with Crippen molar-refractivity contribution in [3.63, 3.8) is 0 Å². The van der Waals surface area contributed by atoms with Crippen LogP contribution in [0.4, 0.5) is 0 Å². The van der Waals surface area contributed by atoms with Gasteiger partial charge in [0.15, 0.2) is 5.12 Å². The molecule has 80 valence electrons. The third kappa shape index (κ3) is 2.25. The molecule has 0 N–H and O–H groups in total. The fraction of sp³-hybridized carbons (Fsp3) is 0.462. The van der Waals surface area contributed by atoms with Crippen LogP contribution in [0, 0.1) is 0 Å². The maximum atomic E-state index is 11.4. The van der Waals surface area contributed by atoms with Gasteiger partial charge in [-0.3, -0.25) is 4.79 Å². The van der Waals surface area contributed by atoms with Crippen molar-refractivity contribution >= 4 is 16.9 Å². The van der Waals surface area contributed by atoms with Crippen LogP contribution in [-0.2, 0) is 4.79 Å². The summed E-state index contributed by atoms with van der Waals surface area (Å²) < 4.78 is 0.0384. The Hall–Kier alpha value is -0.760. The van der Waals surface area contributed by atoms with Crippen LogP contribution in [0.2, 0.25) is 0 Å². The molecule has 1 unspecified atom stereocenters. The Bertz CT molecular complexity index is 356. The predicted octanol–water partition coefficient (Wildman–Crippen LogP) is 3.60. The zero-order chi connectivity index (χ0) is 10.9. The highest BCUT2D eigenvalue weighted by atomic mass is 32.2. The Morgan fingerprint density at radius 2 is 1.93 bits per heavy atom. The summed E-state index contributed by atoms with van der Waals surface area (Å²) >= 11 is 1.51. The number of carbonyl (C=O) groups is 1. The summed E-state index contributed by atoms with van der Waals surface area (Å²) in [4.78, 5) is 11.4. The zero-order valence-electron chi connectivity index (χ0n) is 9.19. The average Bonchev–Trinajstić information content (AvgIpc) is 2.17. The molecule has 1 fully saturated rings. The summed E-state index contributed by atoms with van der Waals surface area (Å²) in [5.74, 6) is 0.501. The Kier molecular flexibility index (Phi) is 2.87. The van der Waals surface area contributed by atoms with Gasteiger partial charge in [-0.05, 0) is 31.7 Å². The van der Waals surface area contributed by atoms with Crippen LogP contribution in [0.15, 0.2) is 30.3 Å². The van der Waals surface area contributed by atoms with Crippen LogP contribution < -0.4 is 0 Å². The Morgan fingerprint density at radius 3 is 2.53 bits per heavy atom. The molecule has 1 aliphatic heterocycles. The van der Waals surface area contributed by atoms with E-state index in [0.717, 1.165) is 6.42 Å². The second-order valence-corrected chi connectivity index (χ2v) is 6.29. The average molecular weight is 220 g/mol. The lowest BCUT2D eigenvalue weighted by atomic mass is 9.84. The number of benzene rings is 1. The molecule has 2 heteroatoms. The minimum atomic E-state index is 0.0384. The molecule has 0 aromatic heterocycles. The number of carbonyl (C=O) groups excluding carboxylic acids is 1. The van der Waals surface area contributed by atoms with Crippen LogP contribution >= 0.6 is 11.8 Å². The molecule has 1 aromatic carbocycles. The number of rotatable bonds is 1. The van der Waals surface area contributed by atoms with Crippen molar-refractivity contribution in [1.82, 2.24) is 0 Å². The van der Waals surface area contributed by atoms with Gasteiger partial charge in [0, 0.05) is 11.2 Å². The minimum Gasteiger partial charge on any atom is -0.287 e. The number of thioether (sulfide) groups is 1.